The lowest BCUT2D eigenvalue weighted by atomic mass is 10.2. The van der Waals surface area contributed by atoms with Gasteiger partial charge in [-0.2, -0.15) is 13.2 Å². The zero-order chi connectivity index (χ0) is 11.2. The number of rotatable bonds is 5. The Hall–Kier alpha value is -0.780. The molecular weight excluding hydrogens is 197 g/mol. The van der Waals surface area contributed by atoms with E-state index in [9.17, 15) is 18.0 Å². The molecule has 14 heavy (non-hydrogen) atoms. The smallest absolute Gasteiger partial charge is 0.355 e. The molecule has 0 aromatic heterocycles. The number of carbonyl (C=O) groups excluding carboxylic acids is 1. The third-order valence-electron chi connectivity index (χ3n) is 1.71. The molecule has 0 heterocycles. The molecule has 0 radical (unpaired) electrons. The first-order valence-electron chi connectivity index (χ1n) is 4.47. The predicted octanol–water partition coefficient (Wildman–Crippen LogP) is 1.18. The molecule has 3 N–H and O–H groups in total. The molecular formula is C8H15F3N2O. The van der Waals surface area contributed by atoms with Crippen LogP contribution in [0.5, 0.6) is 0 Å². The molecule has 6 heteroatoms. The fourth-order valence-electron chi connectivity index (χ4n) is 0.817. The van der Waals surface area contributed by atoms with Crippen molar-refractivity contribution in [1.82, 2.24) is 5.32 Å². The van der Waals surface area contributed by atoms with E-state index in [1.165, 1.54) is 0 Å². The number of halogens is 3. The van der Waals surface area contributed by atoms with Crippen LogP contribution in [0.1, 0.15) is 26.2 Å². The van der Waals surface area contributed by atoms with Gasteiger partial charge in [-0.3, -0.25) is 4.79 Å². The van der Waals surface area contributed by atoms with Crippen LogP contribution in [0.15, 0.2) is 0 Å². The van der Waals surface area contributed by atoms with Gasteiger partial charge in [-0.05, 0) is 12.8 Å². The Morgan fingerprint density at radius 2 is 2.07 bits per heavy atom. The number of carbonyl (C=O) groups is 1. The van der Waals surface area contributed by atoms with Gasteiger partial charge >= 0.3 is 6.18 Å². The Morgan fingerprint density at radius 1 is 1.50 bits per heavy atom. The molecule has 84 valence electrons. The summed E-state index contributed by atoms with van der Waals surface area (Å²) in [4.78, 5) is 11.0. The average molecular weight is 212 g/mol. The van der Waals surface area contributed by atoms with Gasteiger partial charge < -0.3 is 11.1 Å². The number of amides is 1. The molecule has 0 rings (SSSR count). The van der Waals surface area contributed by atoms with Gasteiger partial charge in [0.2, 0.25) is 5.91 Å². The number of hydrogen-bond acceptors (Lipinski definition) is 2. The minimum atomic E-state index is -4.16. The Kier molecular flexibility index (Phi) is 5.52. The van der Waals surface area contributed by atoms with Crippen molar-refractivity contribution in [2.24, 2.45) is 5.73 Å². The van der Waals surface area contributed by atoms with E-state index in [1.54, 1.807) is 6.92 Å². The van der Waals surface area contributed by atoms with Crippen LogP contribution in [0.25, 0.3) is 0 Å². The van der Waals surface area contributed by atoms with Crippen LogP contribution in [0.3, 0.4) is 0 Å². The number of nitrogens with one attached hydrogen (secondary N) is 1. The highest BCUT2D eigenvalue weighted by molar-refractivity contribution is 5.81. The van der Waals surface area contributed by atoms with Crippen molar-refractivity contribution in [1.29, 1.82) is 0 Å². The summed E-state index contributed by atoms with van der Waals surface area (Å²) in [6, 6.07) is -0.624. The molecule has 0 aliphatic carbocycles. The zero-order valence-corrected chi connectivity index (χ0v) is 8.03. The molecule has 0 bridgehead atoms. The summed E-state index contributed by atoms with van der Waals surface area (Å²) in [5.74, 6) is -0.394. The first-order valence-corrected chi connectivity index (χ1v) is 4.47. The van der Waals surface area contributed by atoms with Crippen molar-refractivity contribution >= 4 is 5.91 Å². The number of hydrogen-bond donors (Lipinski definition) is 2. The van der Waals surface area contributed by atoms with E-state index < -0.39 is 24.5 Å². The van der Waals surface area contributed by atoms with Crippen molar-refractivity contribution in [2.45, 2.75) is 38.4 Å². The standard InChI is InChI=1S/C8H15F3N2O/c1-2-6(12)7(14)13-5-3-4-8(9,10)11/h6H,2-5,12H2,1H3,(H,13,14)/t6-/m0/s1. The summed E-state index contributed by atoms with van der Waals surface area (Å²) < 4.78 is 35.0. The van der Waals surface area contributed by atoms with Crippen molar-refractivity contribution in [2.75, 3.05) is 6.54 Å². The molecule has 3 nitrogen and oxygen atoms in total. The molecule has 0 aromatic carbocycles. The van der Waals surface area contributed by atoms with Crippen LogP contribution >= 0.6 is 0 Å². The first-order chi connectivity index (χ1) is 6.37. The summed E-state index contributed by atoms with van der Waals surface area (Å²) in [5.41, 5.74) is 5.35. The van der Waals surface area contributed by atoms with Crippen molar-refractivity contribution < 1.29 is 18.0 Å². The normalized spacial score (nSPS) is 13.8. The predicted molar refractivity (Wildman–Crippen MR) is 46.6 cm³/mol. The maximum absolute atomic E-state index is 11.7. The Balaban J connectivity index is 3.51. The van der Waals surface area contributed by atoms with Gasteiger partial charge in [0.05, 0.1) is 6.04 Å². The molecule has 0 fully saturated rings. The Bertz CT molecular complexity index is 182. The van der Waals surface area contributed by atoms with E-state index in [-0.39, 0.29) is 13.0 Å². The molecule has 0 aliphatic rings. The molecule has 0 spiro atoms. The highest BCUT2D eigenvalue weighted by atomic mass is 19.4. The maximum Gasteiger partial charge on any atom is 0.389 e. The van der Waals surface area contributed by atoms with Gasteiger partial charge in [-0.1, -0.05) is 6.92 Å². The monoisotopic (exact) mass is 212 g/mol. The first kappa shape index (κ1) is 13.2. The van der Waals surface area contributed by atoms with Crippen LogP contribution in [-0.2, 0) is 4.79 Å². The van der Waals surface area contributed by atoms with Gasteiger partial charge in [-0.25, -0.2) is 0 Å². The van der Waals surface area contributed by atoms with Gasteiger partial charge in [0.25, 0.3) is 0 Å². The van der Waals surface area contributed by atoms with E-state index >= 15 is 0 Å². The summed E-state index contributed by atoms with van der Waals surface area (Å²) in [6.45, 7) is 1.76. The Morgan fingerprint density at radius 3 is 2.50 bits per heavy atom. The van der Waals surface area contributed by atoms with E-state index in [0.29, 0.717) is 6.42 Å². The van der Waals surface area contributed by atoms with Crippen molar-refractivity contribution in [3.05, 3.63) is 0 Å². The lowest BCUT2D eigenvalue weighted by Gasteiger charge is -2.10. The molecule has 1 amide bonds. The maximum atomic E-state index is 11.7. The lowest BCUT2D eigenvalue weighted by molar-refractivity contribution is -0.136. The Labute approximate surface area is 80.8 Å². The van der Waals surface area contributed by atoms with Gasteiger partial charge in [0.1, 0.15) is 0 Å². The van der Waals surface area contributed by atoms with Crippen molar-refractivity contribution in [3.8, 4) is 0 Å². The molecule has 0 aliphatic heterocycles. The van der Waals surface area contributed by atoms with Crippen LogP contribution in [0.2, 0.25) is 0 Å². The summed E-state index contributed by atoms with van der Waals surface area (Å²) >= 11 is 0. The summed E-state index contributed by atoms with van der Waals surface area (Å²) in [5, 5.41) is 2.34. The minimum absolute atomic E-state index is 0.0199. The highest BCUT2D eigenvalue weighted by Gasteiger charge is 2.26. The summed E-state index contributed by atoms with van der Waals surface area (Å²) in [7, 11) is 0. The van der Waals surface area contributed by atoms with E-state index in [2.05, 4.69) is 5.32 Å². The SMILES string of the molecule is CC[C@H](N)C(=O)NCCCC(F)(F)F. The third-order valence-corrected chi connectivity index (χ3v) is 1.71. The quantitative estimate of drug-likeness (QED) is 0.672. The van der Waals surface area contributed by atoms with E-state index in [1.807, 2.05) is 0 Å². The second kappa shape index (κ2) is 5.85. The average Bonchev–Trinajstić information content (AvgIpc) is 2.09. The van der Waals surface area contributed by atoms with Crippen LogP contribution in [0, 0.1) is 0 Å². The molecule has 1 atom stereocenters. The summed E-state index contributed by atoms with van der Waals surface area (Å²) in [6.07, 6.45) is -4.66. The fraction of sp³-hybridized carbons (Fsp3) is 0.875. The van der Waals surface area contributed by atoms with Gasteiger partial charge in [-0.15, -0.1) is 0 Å². The fourth-order valence-corrected chi connectivity index (χ4v) is 0.817. The lowest BCUT2D eigenvalue weighted by Crippen LogP contribution is -2.40. The number of nitrogens with two attached hydrogens (primary N) is 1. The van der Waals surface area contributed by atoms with Crippen LogP contribution in [-0.4, -0.2) is 24.7 Å². The van der Waals surface area contributed by atoms with Crippen molar-refractivity contribution in [3.63, 3.8) is 0 Å². The second-order valence-electron chi connectivity index (χ2n) is 3.02. The van der Waals surface area contributed by atoms with Crippen LogP contribution in [0.4, 0.5) is 13.2 Å². The molecule has 0 saturated carbocycles. The molecule has 0 saturated heterocycles. The minimum Gasteiger partial charge on any atom is -0.355 e. The highest BCUT2D eigenvalue weighted by Crippen LogP contribution is 2.20. The largest absolute Gasteiger partial charge is 0.389 e. The zero-order valence-electron chi connectivity index (χ0n) is 8.03. The third kappa shape index (κ3) is 6.71. The molecule has 0 unspecified atom stereocenters. The molecule has 0 aromatic rings. The van der Waals surface area contributed by atoms with E-state index in [0.717, 1.165) is 0 Å². The van der Waals surface area contributed by atoms with Gasteiger partial charge in [0.15, 0.2) is 0 Å². The van der Waals surface area contributed by atoms with Crippen LogP contribution < -0.4 is 11.1 Å². The number of alkyl halides is 3. The van der Waals surface area contributed by atoms with Gasteiger partial charge in [0, 0.05) is 13.0 Å². The second-order valence-corrected chi connectivity index (χ2v) is 3.02. The van der Waals surface area contributed by atoms with E-state index in [4.69, 9.17) is 5.73 Å². The topological polar surface area (TPSA) is 55.1 Å².